The van der Waals surface area contributed by atoms with Crippen molar-refractivity contribution >= 4 is 24.0 Å². The Bertz CT molecular complexity index is 767. The molecule has 0 bridgehead atoms. The molecule has 0 heterocycles. The summed E-state index contributed by atoms with van der Waals surface area (Å²) in [5, 5.41) is 8.49. The van der Waals surface area contributed by atoms with E-state index in [2.05, 4.69) is 16.0 Å². The molecule has 0 aliphatic heterocycles. The van der Waals surface area contributed by atoms with Crippen LogP contribution >= 0.6 is 0 Å². The van der Waals surface area contributed by atoms with Gasteiger partial charge in [0.2, 0.25) is 11.8 Å². The predicted molar refractivity (Wildman–Crippen MR) is 128 cm³/mol. The van der Waals surface area contributed by atoms with Crippen LogP contribution in [0.5, 0.6) is 0 Å². The van der Waals surface area contributed by atoms with Gasteiger partial charge in [-0.05, 0) is 50.7 Å². The summed E-state index contributed by atoms with van der Waals surface area (Å²) in [5.41, 5.74) is 0.280. The highest BCUT2D eigenvalue weighted by Gasteiger charge is 2.27. The summed E-state index contributed by atoms with van der Waals surface area (Å²) in [6.07, 6.45) is 3.06. The first-order chi connectivity index (χ1) is 14.9. The monoisotopic (exact) mass is 445 g/mol. The minimum atomic E-state index is -0.722. The fourth-order valence-electron chi connectivity index (χ4n) is 2.89. The molecule has 2 atom stereocenters. The molecule has 0 saturated carbocycles. The average molecular weight is 446 g/mol. The number of rotatable bonds is 10. The number of alkyl carbamates (subject to hydrolysis) is 1. The second kappa shape index (κ2) is 12.9. The number of amides is 3. The Labute approximate surface area is 192 Å². The van der Waals surface area contributed by atoms with Crippen LogP contribution in [-0.4, -0.2) is 42.1 Å². The summed E-state index contributed by atoms with van der Waals surface area (Å²) in [5.74, 6) is -0.253. The molecule has 0 saturated heterocycles. The molecule has 1 aromatic rings. The van der Waals surface area contributed by atoms with Gasteiger partial charge < -0.3 is 20.7 Å². The van der Waals surface area contributed by atoms with Crippen LogP contribution in [0.3, 0.4) is 0 Å². The van der Waals surface area contributed by atoms with Gasteiger partial charge in [0.05, 0.1) is 0 Å². The van der Waals surface area contributed by atoms with E-state index in [9.17, 15) is 14.4 Å². The Balaban J connectivity index is 2.71. The van der Waals surface area contributed by atoms with Crippen molar-refractivity contribution in [2.45, 2.75) is 72.6 Å². The normalized spacial score (nSPS) is 13.7. The van der Waals surface area contributed by atoms with Gasteiger partial charge in [-0.15, -0.1) is 0 Å². The van der Waals surface area contributed by atoms with E-state index in [4.69, 9.17) is 4.74 Å². The van der Waals surface area contributed by atoms with Gasteiger partial charge in [0.1, 0.15) is 11.6 Å². The van der Waals surface area contributed by atoms with E-state index in [1.54, 1.807) is 26.8 Å². The van der Waals surface area contributed by atoms with Crippen LogP contribution in [0.1, 0.15) is 60.5 Å². The first kappa shape index (κ1) is 27.2. The third kappa shape index (κ3) is 11.5. The van der Waals surface area contributed by atoms with Gasteiger partial charge in [0, 0.05) is 18.7 Å². The van der Waals surface area contributed by atoms with E-state index >= 15 is 0 Å². The lowest BCUT2D eigenvalue weighted by Crippen LogP contribution is -2.54. The summed E-state index contributed by atoms with van der Waals surface area (Å²) in [6.45, 7) is 13.5. The van der Waals surface area contributed by atoms with E-state index in [-0.39, 0.29) is 36.2 Å². The molecule has 0 fully saturated rings. The standard InChI is InChI=1S/C25H39N3O4/c1-17(2)15-20(28-24(31)32-25(5,6)7)23(30)27-21(18(3)4)16-26-22(29)14-13-19-11-9-8-10-12-19/h8-14,17-18,20-21H,15-16H2,1-7H3,(H,26,29)(H,27,30)(H,28,31)/t20-,21+/m0/s1. The third-order valence-corrected chi connectivity index (χ3v) is 4.57. The van der Waals surface area contributed by atoms with Gasteiger partial charge in [-0.2, -0.15) is 0 Å². The van der Waals surface area contributed by atoms with E-state index in [0.717, 1.165) is 5.56 Å². The molecule has 7 nitrogen and oxygen atoms in total. The van der Waals surface area contributed by atoms with Crippen LogP contribution in [0.2, 0.25) is 0 Å². The fourth-order valence-corrected chi connectivity index (χ4v) is 2.89. The fraction of sp³-hybridized carbons (Fsp3) is 0.560. The van der Waals surface area contributed by atoms with Gasteiger partial charge in [-0.1, -0.05) is 58.0 Å². The molecule has 0 unspecified atom stereocenters. The van der Waals surface area contributed by atoms with Crippen molar-refractivity contribution in [3.63, 3.8) is 0 Å². The Hall–Kier alpha value is -2.83. The Morgan fingerprint density at radius 3 is 2.16 bits per heavy atom. The van der Waals surface area contributed by atoms with Crippen molar-refractivity contribution in [1.82, 2.24) is 16.0 Å². The number of benzene rings is 1. The molecule has 7 heteroatoms. The average Bonchev–Trinajstić information content (AvgIpc) is 2.67. The van der Waals surface area contributed by atoms with Gasteiger partial charge in [0.15, 0.2) is 0 Å². The number of carbonyl (C=O) groups is 3. The molecule has 0 spiro atoms. The first-order valence-electron chi connectivity index (χ1n) is 11.2. The topological polar surface area (TPSA) is 96.5 Å². The van der Waals surface area contributed by atoms with Crippen LogP contribution < -0.4 is 16.0 Å². The van der Waals surface area contributed by atoms with E-state index in [1.165, 1.54) is 6.08 Å². The number of carbonyl (C=O) groups excluding carboxylic acids is 3. The maximum Gasteiger partial charge on any atom is 0.408 e. The lowest BCUT2D eigenvalue weighted by Gasteiger charge is -2.27. The van der Waals surface area contributed by atoms with Crippen molar-refractivity contribution in [2.75, 3.05) is 6.54 Å². The largest absolute Gasteiger partial charge is 0.444 e. The minimum Gasteiger partial charge on any atom is -0.444 e. The van der Waals surface area contributed by atoms with E-state index in [1.807, 2.05) is 58.0 Å². The maximum atomic E-state index is 12.9. The zero-order valence-corrected chi connectivity index (χ0v) is 20.4. The summed E-state index contributed by atoms with van der Waals surface area (Å²) in [4.78, 5) is 37.3. The predicted octanol–water partition coefficient (Wildman–Crippen LogP) is 3.90. The highest BCUT2D eigenvalue weighted by atomic mass is 16.6. The van der Waals surface area contributed by atoms with Crippen LogP contribution in [0, 0.1) is 11.8 Å². The Morgan fingerprint density at radius 1 is 1.00 bits per heavy atom. The lowest BCUT2D eigenvalue weighted by molar-refractivity contribution is -0.125. The van der Waals surface area contributed by atoms with Crippen molar-refractivity contribution in [1.29, 1.82) is 0 Å². The summed E-state index contributed by atoms with van der Waals surface area (Å²) in [7, 11) is 0. The molecule has 3 N–H and O–H groups in total. The molecular weight excluding hydrogens is 406 g/mol. The van der Waals surface area contributed by atoms with Gasteiger partial charge in [0.25, 0.3) is 0 Å². The smallest absolute Gasteiger partial charge is 0.408 e. The molecule has 0 radical (unpaired) electrons. The molecule has 0 aliphatic rings. The lowest BCUT2D eigenvalue weighted by atomic mass is 10.0. The summed E-state index contributed by atoms with van der Waals surface area (Å²) >= 11 is 0. The molecular formula is C25H39N3O4. The Kier molecular flexibility index (Phi) is 11.0. The molecule has 0 aromatic heterocycles. The maximum absolute atomic E-state index is 12.9. The number of ether oxygens (including phenoxy) is 1. The van der Waals surface area contributed by atoms with Gasteiger partial charge in [-0.3, -0.25) is 9.59 Å². The second-order valence-electron chi connectivity index (χ2n) is 9.68. The van der Waals surface area contributed by atoms with Crippen LogP contribution in [0.4, 0.5) is 4.79 Å². The Morgan fingerprint density at radius 2 is 1.62 bits per heavy atom. The second-order valence-corrected chi connectivity index (χ2v) is 9.68. The first-order valence-corrected chi connectivity index (χ1v) is 11.2. The molecule has 32 heavy (non-hydrogen) atoms. The molecule has 0 aliphatic carbocycles. The van der Waals surface area contributed by atoms with Crippen molar-refractivity contribution in [3.05, 3.63) is 42.0 Å². The molecule has 1 aromatic carbocycles. The highest BCUT2D eigenvalue weighted by molar-refractivity contribution is 5.91. The van der Waals surface area contributed by atoms with E-state index < -0.39 is 17.7 Å². The van der Waals surface area contributed by atoms with Crippen molar-refractivity contribution in [2.24, 2.45) is 11.8 Å². The van der Waals surface area contributed by atoms with E-state index in [0.29, 0.717) is 6.42 Å². The molecule has 178 valence electrons. The molecule has 3 amide bonds. The van der Waals surface area contributed by atoms with Crippen molar-refractivity contribution in [3.8, 4) is 0 Å². The van der Waals surface area contributed by atoms with Crippen LogP contribution in [-0.2, 0) is 14.3 Å². The highest BCUT2D eigenvalue weighted by Crippen LogP contribution is 2.11. The summed E-state index contributed by atoms with van der Waals surface area (Å²) < 4.78 is 5.30. The SMILES string of the molecule is CC(C)C[C@H](NC(=O)OC(C)(C)C)C(=O)N[C@H](CNC(=O)C=Cc1ccccc1)C(C)C. The van der Waals surface area contributed by atoms with Gasteiger partial charge in [-0.25, -0.2) is 4.79 Å². The zero-order valence-electron chi connectivity index (χ0n) is 20.4. The summed E-state index contributed by atoms with van der Waals surface area (Å²) in [6, 6.07) is 8.53. The van der Waals surface area contributed by atoms with Crippen LogP contribution in [0.25, 0.3) is 6.08 Å². The third-order valence-electron chi connectivity index (χ3n) is 4.57. The molecule has 1 rings (SSSR count). The van der Waals surface area contributed by atoms with Crippen LogP contribution in [0.15, 0.2) is 36.4 Å². The number of hydrogen-bond donors (Lipinski definition) is 3. The van der Waals surface area contributed by atoms with Gasteiger partial charge >= 0.3 is 6.09 Å². The number of hydrogen-bond acceptors (Lipinski definition) is 4. The number of nitrogens with one attached hydrogen (secondary N) is 3. The van der Waals surface area contributed by atoms with Crippen molar-refractivity contribution < 1.29 is 19.1 Å². The minimum absolute atomic E-state index is 0.0820. The zero-order chi connectivity index (χ0) is 24.3. The quantitative estimate of drug-likeness (QED) is 0.476.